The Kier molecular flexibility index (Phi) is 3.55. The van der Waals surface area contributed by atoms with Gasteiger partial charge in [-0.3, -0.25) is 4.79 Å². The van der Waals surface area contributed by atoms with Gasteiger partial charge in [0, 0.05) is 10.6 Å². The fraction of sp³-hybridized carbons (Fsp3) is 0.300. The van der Waals surface area contributed by atoms with Crippen molar-refractivity contribution in [2.75, 3.05) is 7.11 Å². The molecule has 0 aliphatic rings. The summed E-state index contributed by atoms with van der Waals surface area (Å²) in [5.74, 6) is -0.564. The number of halogens is 1. The Labute approximate surface area is 92.6 Å². The third-order valence-corrected chi connectivity index (χ3v) is 2.56. The predicted octanol–water partition coefficient (Wildman–Crippen LogP) is 1.74. The summed E-state index contributed by atoms with van der Waals surface area (Å²) in [6.45, 7) is 1.79. The molecule has 0 spiro atoms. The fourth-order valence-electron chi connectivity index (χ4n) is 1.21. The molecule has 0 amide bonds. The molecule has 3 N–H and O–H groups in total. The van der Waals surface area contributed by atoms with E-state index in [0.29, 0.717) is 16.3 Å². The third kappa shape index (κ3) is 2.40. The van der Waals surface area contributed by atoms with Crippen molar-refractivity contribution >= 4 is 17.6 Å². The quantitative estimate of drug-likeness (QED) is 0.828. The third-order valence-electron chi connectivity index (χ3n) is 2.16. The molecule has 0 aliphatic heterocycles. The number of methoxy groups -OCH3 is 1. The molecule has 0 heterocycles. The molecule has 4 nitrogen and oxygen atoms in total. The summed E-state index contributed by atoms with van der Waals surface area (Å²) in [5.41, 5.74) is 6.66. The van der Waals surface area contributed by atoms with Gasteiger partial charge in [-0.2, -0.15) is 0 Å². The molecular weight excluding hydrogens is 218 g/mol. The van der Waals surface area contributed by atoms with Crippen LogP contribution >= 0.6 is 11.6 Å². The van der Waals surface area contributed by atoms with E-state index in [9.17, 15) is 4.79 Å². The van der Waals surface area contributed by atoms with Gasteiger partial charge < -0.3 is 15.6 Å². The number of carbonyl (C=O) groups is 1. The highest BCUT2D eigenvalue weighted by molar-refractivity contribution is 6.31. The van der Waals surface area contributed by atoms with E-state index >= 15 is 0 Å². The van der Waals surface area contributed by atoms with Crippen LogP contribution < -0.4 is 10.5 Å². The minimum absolute atomic E-state index is 0.426. The topological polar surface area (TPSA) is 72.5 Å². The molecule has 0 bridgehead atoms. The van der Waals surface area contributed by atoms with E-state index < -0.39 is 12.0 Å². The number of carboxylic acids is 1. The molecule has 0 radical (unpaired) electrons. The first kappa shape index (κ1) is 11.8. The van der Waals surface area contributed by atoms with Crippen molar-refractivity contribution in [1.82, 2.24) is 0 Å². The highest BCUT2D eigenvalue weighted by atomic mass is 35.5. The molecule has 15 heavy (non-hydrogen) atoms. The molecule has 82 valence electrons. The number of hydrogen-bond acceptors (Lipinski definition) is 3. The van der Waals surface area contributed by atoms with Crippen LogP contribution in [-0.4, -0.2) is 18.2 Å². The van der Waals surface area contributed by atoms with Crippen LogP contribution in [-0.2, 0) is 4.79 Å². The van der Waals surface area contributed by atoms with Crippen LogP contribution in [0.1, 0.15) is 17.2 Å². The minimum atomic E-state index is -1.10. The molecule has 0 saturated carbocycles. The molecule has 0 saturated heterocycles. The number of aliphatic carboxylic acids is 1. The maximum absolute atomic E-state index is 10.7. The van der Waals surface area contributed by atoms with Gasteiger partial charge in [-0.1, -0.05) is 11.6 Å². The van der Waals surface area contributed by atoms with Crippen molar-refractivity contribution in [3.8, 4) is 5.75 Å². The number of ether oxygens (including phenoxy) is 1. The SMILES string of the molecule is COc1cc(C(N)C(=O)O)cc(Cl)c1C. The van der Waals surface area contributed by atoms with Crippen LogP contribution in [0.2, 0.25) is 5.02 Å². The first-order valence-corrected chi connectivity index (χ1v) is 4.67. The summed E-state index contributed by atoms with van der Waals surface area (Å²) in [6.07, 6.45) is 0. The fourth-order valence-corrected chi connectivity index (χ4v) is 1.43. The largest absolute Gasteiger partial charge is 0.496 e. The number of nitrogens with two attached hydrogens (primary N) is 1. The van der Waals surface area contributed by atoms with E-state index in [4.69, 9.17) is 27.2 Å². The van der Waals surface area contributed by atoms with Crippen molar-refractivity contribution in [1.29, 1.82) is 0 Å². The molecule has 1 atom stereocenters. The monoisotopic (exact) mass is 229 g/mol. The van der Waals surface area contributed by atoms with E-state index in [1.807, 2.05) is 0 Å². The van der Waals surface area contributed by atoms with Gasteiger partial charge in [0.1, 0.15) is 11.8 Å². The van der Waals surface area contributed by atoms with E-state index in [-0.39, 0.29) is 0 Å². The molecular formula is C10H12ClNO3. The van der Waals surface area contributed by atoms with Crippen molar-refractivity contribution in [2.45, 2.75) is 13.0 Å². The zero-order chi connectivity index (χ0) is 11.6. The zero-order valence-electron chi connectivity index (χ0n) is 8.45. The summed E-state index contributed by atoms with van der Waals surface area (Å²) in [7, 11) is 1.49. The van der Waals surface area contributed by atoms with Crippen molar-refractivity contribution in [3.05, 3.63) is 28.3 Å². The Morgan fingerprint density at radius 3 is 2.67 bits per heavy atom. The lowest BCUT2D eigenvalue weighted by atomic mass is 10.1. The Bertz CT molecular complexity index is 392. The van der Waals surface area contributed by atoms with Crippen molar-refractivity contribution in [3.63, 3.8) is 0 Å². The van der Waals surface area contributed by atoms with Crippen molar-refractivity contribution in [2.24, 2.45) is 5.73 Å². The molecule has 1 unspecified atom stereocenters. The summed E-state index contributed by atoms with van der Waals surface area (Å²) in [6, 6.07) is 2.04. The number of hydrogen-bond donors (Lipinski definition) is 2. The van der Waals surface area contributed by atoms with Gasteiger partial charge in [0.15, 0.2) is 0 Å². The highest BCUT2D eigenvalue weighted by Crippen LogP contribution is 2.29. The molecule has 0 fully saturated rings. The molecule has 1 aromatic carbocycles. The summed E-state index contributed by atoms with van der Waals surface area (Å²) in [4.78, 5) is 10.7. The van der Waals surface area contributed by atoms with Crippen LogP contribution in [0, 0.1) is 6.92 Å². The van der Waals surface area contributed by atoms with Crippen LogP contribution in [0.25, 0.3) is 0 Å². The van der Waals surface area contributed by atoms with Crippen LogP contribution in [0.15, 0.2) is 12.1 Å². The van der Waals surface area contributed by atoms with Gasteiger partial charge in [-0.15, -0.1) is 0 Å². The van der Waals surface area contributed by atoms with E-state index in [1.54, 1.807) is 13.0 Å². The van der Waals surface area contributed by atoms with Gasteiger partial charge >= 0.3 is 5.97 Å². The Morgan fingerprint density at radius 2 is 2.20 bits per heavy atom. The summed E-state index contributed by atoms with van der Waals surface area (Å²) in [5, 5.41) is 9.20. The number of benzene rings is 1. The van der Waals surface area contributed by atoms with Crippen LogP contribution in [0.3, 0.4) is 0 Å². The lowest BCUT2D eigenvalue weighted by Crippen LogP contribution is -2.20. The van der Waals surface area contributed by atoms with Gasteiger partial charge in [0.2, 0.25) is 0 Å². The second-order valence-corrected chi connectivity index (χ2v) is 3.55. The molecule has 5 heteroatoms. The number of rotatable bonds is 3. The lowest BCUT2D eigenvalue weighted by Gasteiger charge is -2.12. The van der Waals surface area contributed by atoms with Crippen LogP contribution in [0.4, 0.5) is 0 Å². The normalized spacial score (nSPS) is 12.3. The maximum Gasteiger partial charge on any atom is 0.325 e. The van der Waals surface area contributed by atoms with Crippen LogP contribution in [0.5, 0.6) is 5.75 Å². The average molecular weight is 230 g/mol. The van der Waals surface area contributed by atoms with Gasteiger partial charge in [-0.05, 0) is 24.6 Å². The van der Waals surface area contributed by atoms with E-state index in [1.165, 1.54) is 13.2 Å². The summed E-state index contributed by atoms with van der Waals surface area (Å²) < 4.78 is 5.06. The van der Waals surface area contributed by atoms with Gasteiger partial charge in [-0.25, -0.2) is 0 Å². The molecule has 1 aromatic rings. The standard InChI is InChI=1S/C10H12ClNO3/c1-5-7(11)3-6(4-8(5)15-2)9(12)10(13)14/h3-4,9H,12H2,1-2H3,(H,13,14). The Balaban J connectivity index is 3.22. The Hall–Kier alpha value is -1.26. The predicted molar refractivity (Wildman–Crippen MR) is 57.3 cm³/mol. The molecule has 1 rings (SSSR count). The second kappa shape index (κ2) is 4.51. The minimum Gasteiger partial charge on any atom is -0.496 e. The highest BCUT2D eigenvalue weighted by Gasteiger charge is 2.17. The average Bonchev–Trinajstić information content (AvgIpc) is 2.20. The molecule has 0 aliphatic carbocycles. The second-order valence-electron chi connectivity index (χ2n) is 3.15. The first-order valence-electron chi connectivity index (χ1n) is 4.29. The van der Waals surface area contributed by atoms with E-state index in [2.05, 4.69) is 0 Å². The zero-order valence-corrected chi connectivity index (χ0v) is 9.21. The Morgan fingerprint density at radius 1 is 1.60 bits per heavy atom. The summed E-state index contributed by atoms with van der Waals surface area (Å²) >= 11 is 5.92. The van der Waals surface area contributed by atoms with Gasteiger partial charge in [0.25, 0.3) is 0 Å². The van der Waals surface area contributed by atoms with Gasteiger partial charge in [0.05, 0.1) is 7.11 Å². The smallest absolute Gasteiger partial charge is 0.325 e. The lowest BCUT2D eigenvalue weighted by molar-refractivity contribution is -0.138. The van der Waals surface area contributed by atoms with E-state index in [0.717, 1.165) is 5.56 Å². The first-order chi connectivity index (χ1) is 6.97. The van der Waals surface area contributed by atoms with Crippen molar-refractivity contribution < 1.29 is 14.6 Å². The molecule has 0 aromatic heterocycles. The maximum atomic E-state index is 10.7. The number of carboxylic acid groups (broad SMARTS) is 1.